The summed E-state index contributed by atoms with van der Waals surface area (Å²) < 4.78 is 52.0. The SMILES string of the molecule is O=C(CSC(F)(F)F)Nc1c(-c2ccc(F)cc2)ncn1Cc1ccccc1. The number of carbonyl (C=O) groups is 1. The van der Waals surface area contributed by atoms with Gasteiger partial charge in [-0.1, -0.05) is 30.3 Å². The van der Waals surface area contributed by atoms with E-state index in [0.29, 0.717) is 17.8 Å². The molecule has 28 heavy (non-hydrogen) atoms. The number of benzene rings is 2. The van der Waals surface area contributed by atoms with Crippen molar-refractivity contribution in [2.75, 3.05) is 11.1 Å². The van der Waals surface area contributed by atoms with Crippen molar-refractivity contribution < 1.29 is 22.4 Å². The molecule has 0 fully saturated rings. The molecule has 0 spiro atoms. The first-order chi connectivity index (χ1) is 13.3. The Morgan fingerprint density at radius 2 is 1.75 bits per heavy atom. The van der Waals surface area contributed by atoms with Crippen molar-refractivity contribution in [3.8, 4) is 11.3 Å². The summed E-state index contributed by atoms with van der Waals surface area (Å²) in [6, 6.07) is 14.8. The fourth-order valence-corrected chi connectivity index (χ4v) is 2.91. The molecule has 9 heteroatoms. The number of imidazole rings is 1. The van der Waals surface area contributed by atoms with E-state index >= 15 is 0 Å². The lowest BCUT2D eigenvalue weighted by Gasteiger charge is -2.12. The van der Waals surface area contributed by atoms with E-state index < -0.39 is 34.7 Å². The Morgan fingerprint density at radius 1 is 1.07 bits per heavy atom. The summed E-state index contributed by atoms with van der Waals surface area (Å²) in [5.41, 5.74) is -2.69. The van der Waals surface area contributed by atoms with E-state index in [2.05, 4.69) is 10.3 Å². The fourth-order valence-electron chi connectivity index (χ4n) is 2.55. The second-order valence-corrected chi connectivity index (χ2v) is 6.89. The number of hydrogen-bond acceptors (Lipinski definition) is 3. The van der Waals surface area contributed by atoms with Crippen LogP contribution in [0.1, 0.15) is 5.56 Å². The Kier molecular flexibility index (Phi) is 6.03. The molecule has 0 saturated carbocycles. The molecule has 1 amide bonds. The minimum absolute atomic E-state index is 0.253. The van der Waals surface area contributed by atoms with Gasteiger partial charge in [0.05, 0.1) is 18.6 Å². The van der Waals surface area contributed by atoms with Gasteiger partial charge < -0.3 is 9.88 Å². The second-order valence-electron chi connectivity index (χ2n) is 5.84. The van der Waals surface area contributed by atoms with E-state index in [1.807, 2.05) is 30.3 Å². The number of amides is 1. The Morgan fingerprint density at radius 3 is 2.39 bits per heavy atom. The first kappa shape index (κ1) is 19.9. The molecule has 0 bridgehead atoms. The number of carbonyl (C=O) groups excluding carboxylic acids is 1. The lowest BCUT2D eigenvalue weighted by atomic mass is 10.1. The van der Waals surface area contributed by atoms with Crippen molar-refractivity contribution >= 4 is 23.5 Å². The van der Waals surface area contributed by atoms with Crippen LogP contribution < -0.4 is 5.32 Å². The van der Waals surface area contributed by atoms with Crippen LogP contribution in [0.4, 0.5) is 23.4 Å². The largest absolute Gasteiger partial charge is 0.442 e. The van der Waals surface area contributed by atoms with Crippen molar-refractivity contribution in [3.63, 3.8) is 0 Å². The van der Waals surface area contributed by atoms with Crippen molar-refractivity contribution in [3.05, 3.63) is 72.3 Å². The molecule has 0 aliphatic heterocycles. The quantitative estimate of drug-likeness (QED) is 0.588. The highest BCUT2D eigenvalue weighted by Gasteiger charge is 2.29. The second kappa shape index (κ2) is 8.47. The maximum Gasteiger partial charge on any atom is 0.442 e. The van der Waals surface area contributed by atoms with Crippen LogP contribution in [0.3, 0.4) is 0 Å². The summed E-state index contributed by atoms with van der Waals surface area (Å²) in [6.45, 7) is 0.358. The predicted molar refractivity (Wildman–Crippen MR) is 100 cm³/mol. The van der Waals surface area contributed by atoms with Crippen LogP contribution in [0.5, 0.6) is 0 Å². The number of rotatable bonds is 6. The average molecular weight is 409 g/mol. The average Bonchev–Trinajstić information content (AvgIpc) is 3.03. The molecule has 3 rings (SSSR count). The number of thioether (sulfide) groups is 1. The van der Waals surface area contributed by atoms with Crippen molar-refractivity contribution in [2.24, 2.45) is 0 Å². The van der Waals surface area contributed by atoms with Crippen molar-refractivity contribution in [1.29, 1.82) is 0 Å². The molecule has 0 atom stereocenters. The number of alkyl halides is 3. The Balaban J connectivity index is 1.89. The summed E-state index contributed by atoms with van der Waals surface area (Å²) in [5.74, 6) is -1.76. The number of aromatic nitrogens is 2. The van der Waals surface area contributed by atoms with E-state index in [9.17, 15) is 22.4 Å². The fraction of sp³-hybridized carbons (Fsp3) is 0.158. The molecular formula is C19H15F4N3OS. The van der Waals surface area contributed by atoms with Crippen molar-refractivity contribution in [1.82, 2.24) is 9.55 Å². The third kappa shape index (κ3) is 5.35. The molecule has 1 N–H and O–H groups in total. The van der Waals surface area contributed by atoms with Crippen LogP contribution >= 0.6 is 11.8 Å². The van der Waals surface area contributed by atoms with Gasteiger partial charge in [0.15, 0.2) is 0 Å². The molecule has 0 aliphatic carbocycles. The highest BCUT2D eigenvalue weighted by atomic mass is 32.2. The molecule has 1 aromatic heterocycles. The van der Waals surface area contributed by atoms with Crippen LogP contribution in [0.25, 0.3) is 11.3 Å². The third-order valence-electron chi connectivity index (χ3n) is 3.78. The van der Waals surface area contributed by atoms with Gasteiger partial charge in [-0.2, -0.15) is 13.2 Å². The molecule has 1 heterocycles. The maximum absolute atomic E-state index is 13.2. The van der Waals surface area contributed by atoms with E-state index in [4.69, 9.17) is 0 Å². The summed E-state index contributed by atoms with van der Waals surface area (Å²) in [6.07, 6.45) is 1.48. The molecule has 0 radical (unpaired) electrons. The Bertz CT molecular complexity index is 940. The molecule has 2 aromatic carbocycles. The number of nitrogens with one attached hydrogen (secondary N) is 1. The van der Waals surface area contributed by atoms with Crippen LogP contribution in [-0.2, 0) is 11.3 Å². The number of halogens is 4. The van der Waals surface area contributed by atoms with E-state index in [1.165, 1.54) is 30.6 Å². The molecule has 0 unspecified atom stereocenters. The van der Waals surface area contributed by atoms with Crippen LogP contribution in [0, 0.1) is 5.82 Å². The van der Waals surface area contributed by atoms with Gasteiger partial charge in [0, 0.05) is 5.56 Å². The Labute approximate surface area is 162 Å². The minimum Gasteiger partial charge on any atom is -0.312 e. The zero-order valence-electron chi connectivity index (χ0n) is 14.4. The lowest BCUT2D eigenvalue weighted by Crippen LogP contribution is -2.19. The van der Waals surface area contributed by atoms with Gasteiger partial charge in [0.25, 0.3) is 0 Å². The Hall–Kier alpha value is -2.81. The van der Waals surface area contributed by atoms with Gasteiger partial charge >= 0.3 is 5.51 Å². The maximum atomic E-state index is 13.2. The summed E-state index contributed by atoms with van der Waals surface area (Å²) in [4.78, 5) is 16.3. The van der Waals surface area contributed by atoms with Gasteiger partial charge in [0.2, 0.25) is 5.91 Å². The van der Waals surface area contributed by atoms with Crippen LogP contribution in [-0.4, -0.2) is 26.7 Å². The monoisotopic (exact) mass is 409 g/mol. The molecule has 0 saturated heterocycles. The standard InChI is InChI=1S/C19H15F4N3OS/c20-15-8-6-14(7-9-15)17-18(25-16(27)11-28-19(21,22)23)26(12-24-17)10-13-4-2-1-3-5-13/h1-9,12H,10-11H2,(H,25,27). The molecule has 4 nitrogen and oxygen atoms in total. The zero-order valence-corrected chi connectivity index (χ0v) is 15.2. The third-order valence-corrected chi connectivity index (χ3v) is 4.51. The number of nitrogens with zero attached hydrogens (tertiary/aromatic N) is 2. The topological polar surface area (TPSA) is 46.9 Å². The van der Waals surface area contributed by atoms with E-state index in [1.54, 1.807) is 4.57 Å². The summed E-state index contributed by atoms with van der Waals surface area (Å²) in [7, 11) is 0. The molecule has 3 aromatic rings. The zero-order chi connectivity index (χ0) is 20.1. The van der Waals surface area contributed by atoms with Crippen molar-refractivity contribution in [2.45, 2.75) is 12.1 Å². The van der Waals surface area contributed by atoms with Gasteiger partial charge in [-0.05, 0) is 41.6 Å². The highest BCUT2D eigenvalue weighted by molar-refractivity contribution is 8.00. The first-order valence-electron chi connectivity index (χ1n) is 8.17. The summed E-state index contributed by atoms with van der Waals surface area (Å²) >= 11 is -0.414. The normalized spacial score (nSPS) is 11.4. The van der Waals surface area contributed by atoms with Gasteiger partial charge in [-0.15, -0.1) is 0 Å². The highest BCUT2D eigenvalue weighted by Crippen LogP contribution is 2.31. The van der Waals surface area contributed by atoms with Gasteiger partial charge in [-0.3, -0.25) is 4.79 Å². The van der Waals surface area contributed by atoms with Gasteiger partial charge in [-0.25, -0.2) is 9.37 Å². The van der Waals surface area contributed by atoms with E-state index in [0.717, 1.165) is 5.56 Å². The van der Waals surface area contributed by atoms with Gasteiger partial charge in [0.1, 0.15) is 17.3 Å². The lowest BCUT2D eigenvalue weighted by molar-refractivity contribution is -0.114. The molecule has 146 valence electrons. The van der Waals surface area contributed by atoms with Crippen LogP contribution in [0.15, 0.2) is 60.9 Å². The molecular weight excluding hydrogens is 394 g/mol. The predicted octanol–water partition coefficient (Wildman–Crippen LogP) is 4.93. The minimum atomic E-state index is -4.50. The number of anilines is 1. The van der Waals surface area contributed by atoms with Crippen LogP contribution in [0.2, 0.25) is 0 Å². The summed E-state index contributed by atoms with van der Waals surface area (Å²) in [5, 5.41) is 2.51. The van der Waals surface area contributed by atoms with E-state index in [-0.39, 0.29) is 5.82 Å². The number of hydrogen-bond donors (Lipinski definition) is 1. The smallest absolute Gasteiger partial charge is 0.312 e. The first-order valence-corrected chi connectivity index (χ1v) is 9.16. The molecule has 0 aliphatic rings.